The number of hydrazine groups is 1. The van der Waals surface area contributed by atoms with Crippen molar-refractivity contribution >= 4 is 24.8 Å². The SMILES string of the molecule is COCCOCC(=O)C[C@@H](CCCN=C(N)N[N+](=O)[O-])C(=O)N[C@@H](CC(C)C)B1O[C@@H]2C[C@@H]3C[C@@H](C3(C)C)[C@]2(C)O1. The van der Waals surface area contributed by atoms with Crippen LogP contribution in [0.25, 0.3) is 0 Å². The Morgan fingerprint density at radius 1 is 1.24 bits per heavy atom. The summed E-state index contributed by atoms with van der Waals surface area (Å²) in [4.78, 5) is 40.8. The first kappa shape index (κ1) is 33.2. The maximum atomic E-state index is 13.6. The van der Waals surface area contributed by atoms with Gasteiger partial charge in [-0.2, -0.15) is 0 Å². The average Bonchev–Trinajstić information content (AvgIpc) is 3.24. The van der Waals surface area contributed by atoms with Gasteiger partial charge in [0.2, 0.25) is 5.91 Å². The summed E-state index contributed by atoms with van der Waals surface area (Å²) in [5.41, 5.74) is 7.10. The molecular weight excluding hydrogens is 533 g/mol. The highest BCUT2D eigenvalue weighted by Crippen LogP contribution is 2.65. The fourth-order valence-corrected chi connectivity index (χ4v) is 6.77. The molecule has 4 N–H and O–H groups in total. The predicted molar refractivity (Wildman–Crippen MR) is 153 cm³/mol. The molecule has 13 nitrogen and oxygen atoms in total. The molecule has 14 heteroatoms. The highest BCUT2D eigenvalue weighted by Gasteiger charge is 2.68. The molecule has 1 heterocycles. The van der Waals surface area contributed by atoms with Crippen LogP contribution in [0, 0.1) is 39.2 Å². The summed E-state index contributed by atoms with van der Waals surface area (Å²) < 4.78 is 23.5. The average molecular weight is 582 g/mol. The predicted octanol–water partition coefficient (Wildman–Crippen LogP) is 1.90. The highest BCUT2D eigenvalue weighted by atomic mass is 16.7. The third kappa shape index (κ3) is 8.39. The zero-order valence-electron chi connectivity index (χ0n) is 25.4. The number of ketones is 1. The van der Waals surface area contributed by atoms with Gasteiger partial charge in [-0.25, -0.2) is 15.1 Å². The molecule has 6 atom stereocenters. The van der Waals surface area contributed by atoms with Crippen LogP contribution in [0.4, 0.5) is 0 Å². The number of ether oxygens (including phenoxy) is 2. The molecule has 1 saturated heterocycles. The lowest BCUT2D eigenvalue weighted by atomic mass is 9.43. The van der Waals surface area contributed by atoms with Gasteiger partial charge in [-0.05, 0) is 62.2 Å². The van der Waals surface area contributed by atoms with Gasteiger partial charge in [-0.3, -0.25) is 9.59 Å². The molecule has 3 aliphatic carbocycles. The van der Waals surface area contributed by atoms with E-state index in [1.165, 1.54) is 0 Å². The Morgan fingerprint density at radius 3 is 2.61 bits per heavy atom. The van der Waals surface area contributed by atoms with Crippen LogP contribution in [-0.2, 0) is 28.4 Å². The summed E-state index contributed by atoms with van der Waals surface area (Å²) in [6.07, 6.45) is 3.47. The highest BCUT2D eigenvalue weighted by molar-refractivity contribution is 6.47. The van der Waals surface area contributed by atoms with Crippen molar-refractivity contribution in [3.05, 3.63) is 10.1 Å². The minimum Gasteiger partial charge on any atom is -0.404 e. The van der Waals surface area contributed by atoms with E-state index >= 15 is 0 Å². The normalized spacial score (nSPS) is 28.0. The Labute approximate surface area is 243 Å². The van der Waals surface area contributed by atoms with Crippen molar-refractivity contribution in [2.24, 2.45) is 39.8 Å². The molecule has 0 aromatic carbocycles. The van der Waals surface area contributed by atoms with Crippen molar-refractivity contribution in [3.63, 3.8) is 0 Å². The van der Waals surface area contributed by atoms with Crippen LogP contribution in [0.15, 0.2) is 4.99 Å². The van der Waals surface area contributed by atoms with E-state index in [1.54, 1.807) is 12.5 Å². The molecule has 232 valence electrons. The van der Waals surface area contributed by atoms with E-state index in [0.717, 1.165) is 12.8 Å². The number of nitrogens with zero attached hydrogens (tertiary/aromatic N) is 2. The number of nitro groups is 1. The third-order valence-electron chi connectivity index (χ3n) is 9.09. The molecule has 0 radical (unpaired) electrons. The topological polar surface area (TPSA) is 177 Å². The number of guanidine groups is 1. The van der Waals surface area contributed by atoms with Gasteiger partial charge < -0.3 is 29.8 Å². The molecule has 2 bridgehead atoms. The molecule has 4 fully saturated rings. The van der Waals surface area contributed by atoms with Crippen molar-refractivity contribution in [2.45, 2.75) is 90.8 Å². The van der Waals surface area contributed by atoms with Crippen molar-refractivity contribution in [3.8, 4) is 0 Å². The summed E-state index contributed by atoms with van der Waals surface area (Å²) >= 11 is 0. The van der Waals surface area contributed by atoms with Crippen LogP contribution in [0.1, 0.15) is 73.1 Å². The number of methoxy groups -OCH3 is 1. The zero-order valence-corrected chi connectivity index (χ0v) is 25.4. The van der Waals surface area contributed by atoms with Crippen molar-refractivity contribution in [1.82, 2.24) is 10.7 Å². The molecule has 1 aliphatic heterocycles. The molecule has 4 rings (SSSR count). The minimum absolute atomic E-state index is 0.00596. The van der Waals surface area contributed by atoms with Crippen molar-refractivity contribution in [1.29, 1.82) is 0 Å². The molecule has 41 heavy (non-hydrogen) atoms. The quantitative estimate of drug-likeness (QED) is 0.0574. The largest absolute Gasteiger partial charge is 0.481 e. The number of Topliss-reactive ketones (excluding diaryl/α,β-unsaturated/α-hetero) is 1. The van der Waals surface area contributed by atoms with Crippen LogP contribution < -0.4 is 16.5 Å². The maximum absolute atomic E-state index is 13.6. The number of carbonyl (C=O) groups excluding carboxylic acids is 2. The van der Waals surface area contributed by atoms with Gasteiger partial charge in [0.05, 0.1) is 30.9 Å². The lowest BCUT2D eigenvalue weighted by Gasteiger charge is -2.64. The van der Waals surface area contributed by atoms with E-state index < -0.39 is 23.7 Å². The summed E-state index contributed by atoms with van der Waals surface area (Å²) in [7, 11) is 0.977. The van der Waals surface area contributed by atoms with E-state index in [4.69, 9.17) is 24.5 Å². The summed E-state index contributed by atoms with van der Waals surface area (Å²) in [5.74, 6) is -0.513. The van der Waals surface area contributed by atoms with Crippen LogP contribution in [-0.4, -0.2) is 80.9 Å². The lowest BCUT2D eigenvalue weighted by Crippen LogP contribution is -2.65. The standard InChI is InChI=1S/C27H48BN5O8/c1-17(2)12-23(28-40-22-15-19-14-21(26(19,3)4)27(22,5)41-28)31-24(35)18(13-20(34)16-39-11-10-38-6)8-7-9-30-25(29)32-33(36)37/h17-19,21-23H,7-16H2,1-6H3,(H,31,35)(H3,29,30,32)/t18-,19+,21+,22-,23+,27+/m1/s1. The molecular formula is C27H48BN5O8. The van der Waals surface area contributed by atoms with E-state index in [0.29, 0.717) is 37.7 Å². The molecule has 0 aromatic rings. The van der Waals surface area contributed by atoms with E-state index in [9.17, 15) is 19.7 Å². The molecule has 4 aliphatic rings. The van der Waals surface area contributed by atoms with Gasteiger partial charge in [-0.1, -0.05) is 33.1 Å². The third-order valence-corrected chi connectivity index (χ3v) is 9.09. The van der Waals surface area contributed by atoms with Gasteiger partial charge in [0.25, 0.3) is 5.96 Å². The molecule has 1 amide bonds. The van der Waals surface area contributed by atoms with Crippen LogP contribution >= 0.6 is 0 Å². The van der Waals surface area contributed by atoms with E-state index in [-0.39, 0.29) is 67.2 Å². The number of carbonyl (C=O) groups is 2. The van der Waals surface area contributed by atoms with Gasteiger partial charge in [0.15, 0.2) is 10.8 Å². The second-order valence-corrected chi connectivity index (χ2v) is 12.8. The van der Waals surface area contributed by atoms with Gasteiger partial charge >= 0.3 is 7.12 Å². The number of nitrogens with two attached hydrogens (primary N) is 1. The van der Waals surface area contributed by atoms with Crippen LogP contribution in [0.2, 0.25) is 0 Å². The number of rotatable bonds is 17. The molecule has 0 unspecified atom stereocenters. The molecule has 3 saturated carbocycles. The number of aliphatic imine (C=N–C) groups is 1. The summed E-state index contributed by atoms with van der Waals surface area (Å²) in [6, 6.07) is 0. The van der Waals surface area contributed by atoms with Crippen molar-refractivity contribution in [2.75, 3.05) is 33.5 Å². The van der Waals surface area contributed by atoms with Crippen LogP contribution in [0.3, 0.4) is 0 Å². The maximum Gasteiger partial charge on any atom is 0.481 e. The van der Waals surface area contributed by atoms with Crippen molar-refractivity contribution < 1.29 is 33.4 Å². The van der Waals surface area contributed by atoms with Gasteiger partial charge in [0, 0.05) is 26.0 Å². The Bertz CT molecular complexity index is 966. The lowest BCUT2D eigenvalue weighted by molar-refractivity contribution is -0.525. The first-order valence-corrected chi connectivity index (χ1v) is 14.7. The number of amides is 1. The summed E-state index contributed by atoms with van der Waals surface area (Å²) in [6.45, 7) is 11.6. The fourth-order valence-electron chi connectivity index (χ4n) is 6.77. The fraction of sp³-hybridized carbons (Fsp3) is 0.889. The first-order valence-electron chi connectivity index (χ1n) is 14.7. The Morgan fingerprint density at radius 2 is 1.98 bits per heavy atom. The molecule has 0 spiro atoms. The van der Waals surface area contributed by atoms with E-state index in [2.05, 4.69) is 44.9 Å². The smallest absolute Gasteiger partial charge is 0.404 e. The monoisotopic (exact) mass is 581 g/mol. The van der Waals surface area contributed by atoms with Crippen LogP contribution in [0.5, 0.6) is 0 Å². The minimum atomic E-state index is -0.791. The number of hydrogen-bond acceptors (Lipinski definition) is 9. The van der Waals surface area contributed by atoms with E-state index in [1.807, 2.05) is 0 Å². The first-order chi connectivity index (χ1) is 19.3. The Hall–Kier alpha value is -2.29. The second kappa shape index (κ2) is 14.3. The zero-order chi connectivity index (χ0) is 30.4. The summed E-state index contributed by atoms with van der Waals surface area (Å²) in [5, 5.41) is 12.9. The number of nitrogens with one attached hydrogen (secondary N) is 2. The Balaban J connectivity index is 1.67. The number of hydrogen-bond donors (Lipinski definition) is 3. The van der Waals surface area contributed by atoms with Gasteiger partial charge in [-0.15, -0.1) is 0 Å². The Kier molecular flexibility index (Phi) is 11.6. The second-order valence-electron chi connectivity index (χ2n) is 12.8. The van der Waals surface area contributed by atoms with Gasteiger partial charge in [0.1, 0.15) is 6.61 Å². The molecule has 0 aromatic heterocycles.